The van der Waals surface area contributed by atoms with E-state index in [0.29, 0.717) is 0 Å². The maximum Gasteiger partial charge on any atom is 0.513 e. The summed E-state index contributed by atoms with van der Waals surface area (Å²) >= 11 is 28.8. The second-order valence-corrected chi connectivity index (χ2v) is 4.35. The lowest BCUT2D eigenvalue weighted by Gasteiger charge is -2.11. The molecule has 8 heteroatoms. The average molecular weight is 324 g/mol. The van der Waals surface area contributed by atoms with Crippen molar-refractivity contribution in [1.82, 2.24) is 0 Å². The SMILES string of the molecule is COC(=O)Oc1c(Cl)c(Cl)c(Cl)c(Cl)c1Cl. The summed E-state index contributed by atoms with van der Waals surface area (Å²) in [6.45, 7) is 0. The highest BCUT2D eigenvalue weighted by Gasteiger charge is 2.22. The molecule has 0 unspecified atom stereocenters. The standard InChI is InChI=1S/C8H3Cl5O3/c1-15-8(14)16-7-5(12)3(10)2(9)4(11)6(7)13/h1H3. The number of methoxy groups -OCH3 is 1. The molecule has 0 spiro atoms. The van der Waals surface area contributed by atoms with Crippen molar-refractivity contribution in [1.29, 1.82) is 0 Å². The molecule has 88 valence electrons. The fourth-order valence-corrected chi connectivity index (χ4v) is 2.00. The van der Waals surface area contributed by atoms with Gasteiger partial charge in [0.25, 0.3) is 0 Å². The third-order valence-electron chi connectivity index (χ3n) is 1.52. The summed E-state index contributed by atoms with van der Waals surface area (Å²) in [6.07, 6.45) is -1.00. The molecule has 0 saturated carbocycles. The molecule has 0 heterocycles. The van der Waals surface area contributed by atoms with Crippen LogP contribution in [0.1, 0.15) is 0 Å². The Hall–Kier alpha value is -0.0600. The maximum absolute atomic E-state index is 10.9. The molecule has 0 N–H and O–H groups in total. The molecule has 1 rings (SSSR count). The molecule has 0 atom stereocenters. The highest BCUT2D eigenvalue weighted by Crippen LogP contribution is 2.48. The van der Waals surface area contributed by atoms with Gasteiger partial charge in [-0.05, 0) is 0 Å². The van der Waals surface area contributed by atoms with Crippen LogP contribution in [-0.2, 0) is 4.74 Å². The molecule has 1 aromatic rings. The Morgan fingerprint density at radius 2 is 1.25 bits per heavy atom. The first-order valence-corrected chi connectivity index (χ1v) is 5.56. The van der Waals surface area contributed by atoms with Crippen LogP contribution in [0.5, 0.6) is 5.75 Å². The van der Waals surface area contributed by atoms with Crippen molar-refractivity contribution in [3.8, 4) is 5.75 Å². The zero-order valence-electron chi connectivity index (χ0n) is 7.61. The molecule has 0 aliphatic rings. The van der Waals surface area contributed by atoms with Crippen LogP contribution in [0.2, 0.25) is 25.1 Å². The highest BCUT2D eigenvalue weighted by atomic mass is 35.5. The fraction of sp³-hybridized carbons (Fsp3) is 0.125. The van der Waals surface area contributed by atoms with Crippen molar-refractivity contribution in [3.63, 3.8) is 0 Å². The van der Waals surface area contributed by atoms with Crippen LogP contribution in [0, 0.1) is 0 Å². The zero-order chi connectivity index (χ0) is 12.5. The molecule has 3 nitrogen and oxygen atoms in total. The average Bonchev–Trinajstić information content (AvgIpc) is 2.29. The van der Waals surface area contributed by atoms with Crippen LogP contribution in [0.25, 0.3) is 0 Å². The normalized spacial score (nSPS) is 10.1. The van der Waals surface area contributed by atoms with Crippen molar-refractivity contribution in [2.75, 3.05) is 7.11 Å². The van der Waals surface area contributed by atoms with E-state index >= 15 is 0 Å². The van der Waals surface area contributed by atoms with Crippen LogP contribution < -0.4 is 4.74 Å². The van der Waals surface area contributed by atoms with Gasteiger partial charge in [-0.2, -0.15) is 0 Å². The molecule has 0 aliphatic heterocycles. The second-order valence-electron chi connectivity index (χ2n) is 2.46. The molecule has 0 saturated heterocycles. The van der Waals surface area contributed by atoms with Crippen molar-refractivity contribution < 1.29 is 14.3 Å². The number of ether oxygens (including phenoxy) is 2. The van der Waals surface area contributed by atoms with Crippen LogP contribution in [0.15, 0.2) is 0 Å². The van der Waals surface area contributed by atoms with Gasteiger partial charge < -0.3 is 9.47 Å². The molecule has 0 amide bonds. The van der Waals surface area contributed by atoms with Gasteiger partial charge in [0.1, 0.15) is 10.0 Å². The first-order chi connectivity index (χ1) is 7.40. The summed E-state index contributed by atoms with van der Waals surface area (Å²) in [5.41, 5.74) is 0. The van der Waals surface area contributed by atoms with E-state index < -0.39 is 6.16 Å². The van der Waals surface area contributed by atoms with Crippen LogP contribution in [-0.4, -0.2) is 13.3 Å². The molecular weight excluding hydrogens is 321 g/mol. The van der Waals surface area contributed by atoms with E-state index in [0.717, 1.165) is 7.11 Å². The van der Waals surface area contributed by atoms with Gasteiger partial charge in [-0.25, -0.2) is 4.79 Å². The fourth-order valence-electron chi connectivity index (χ4n) is 0.799. The number of rotatable bonds is 1. The van der Waals surface area contributed by atoms with E-state index in [1.165, 1.54) is 0 Å². The van der Waals surface area contributed by atoms with Gasteiger partial charge in [0.15, 0.2) is 5.75 Å². The first-order valence-electron chi connectivity index (χ1n) is 3.67. The smallest absolute Gasteiger partial charge is 0.437 e. The van der Waals surface area contributed by atoms with E-state index in [2.05, 4.69) is 9.47 Å². The van der Waals surface area contributed by atoms with Gasteiger partial charge in [0.2, 0.25) is 0 Å². The molecule has 16 heavy (non-hydrogen) atoms. The Kier molecular flexibility index (Phi) is 4.83. The van der Waals surface area contributed by atoms with Gasteiger partial charge in [-0.1, -0.05) is 58.0 Å². The molecule has 0 bridgehead atoms. The largest absolute Gasteiger partial charge is 0.513 e. The second kappa shape index (κ2) is 5.52. The van der Waals surface area contributed by atoms with Crippen LogP contribution in [0.3, 0.4) is 0 Å². The van der Waals surface area contributed by atoms with Crippen molar-refractivity contribution in [2.45, 2.75) is 0 Å². The molecule has 0 aliphatic carbocycles. The highest BCUT2D eigenvalue weighted by molar-refractivity contribution is 6.55. The van der Waals surface area contributed by atoms with Gasteiger partial charge in [-0.3, -0.25) is 0 Å². The Morgan fingerprint density at radius 1 is 0.875 bits per heavy atom. The van der Waals surface area contributed by atoms with Crippen LogP contribution in [0.4, 0.5) is 4.79 Å². The number of carbonyl (C=O) groups excluding carboxylic acids is 1. The van der Waals surface area contributed by atoms with Crippen molar-refractivity contribution in [3.05, 3.63) is 25.1 Å². The predicted octanol–water partition coefficient (Wildman–Crippen LogP) is 5.10. The molecule has 0 fully saturated rings. The third kappa shape index (κ3) is 2.60. The lowest BCUT2D eigenvalue weighted by atomic mass is 10.3. The Balaban J connectivity index is 3.34. The monoisotopic (exact) mass is 322 g/mol. The summed E-state index contributed by atoms with van der Waals surface area (Å²) in [5, 5.41) is -0.373. The zero-order valence-corrected chi connectivity index (χ0v) is 11.4. The summed E-state index contributed by atoms with van der Waals surface area (Å²) in [5.74, 6) is -0.199. The summed E-state index contributed by atoms with van der Waals surface area (Å²) in [4.78, 5) is 10.9. The van der Waals surface area contributed by atoms with E-state index in [9.17, 15) is 4.79 Å². The number of hydrogen-bond donors (Lipinski definition) is 0. The van der Waals surface area contributed by atoms with Gasteiger partial charge in [-0.15, -0.1) is 0 Å². The number of carbonyl (C=O) groups is 1. The summed E-state index contributed by atoms with van der Waals surface area (Å²) in [6, 6.07) is 0. The third-order valence-corrected chi connectivity index (χ3v) is 3.76. The minimum Gasteiger partial charge on any atom is -0.437 e. The van der Waals surface area contributed by atoms with E-state index in [1.807, 2.05) is 0 Å². The Morgan fingerprint density at radius 3 is 1.62 bits per heavy atom. The molecule has 1 aromatic carbocycles. The van der Waals surface area contributed by atoms with Crippen molar-refractivity contribution >= 4 is 64.2 Å². The Labute approximate surface area is 116 Å². The van der Waals surface area contributed by atoms with E-state index in [4.69, 9.17) is 58.0 Å². The lowest BCUT2D eigenvalue weighted by molar-refractivity contribution is 0.121. The first kappa shape index (κ1) is 14.0. The van der Waals surface area contributed by atoms with Gasteiger partial charge in [0, 0.05) is 0 Å². The number of hydrogen-bond acceptors (Lipinski definition) is 3. The molecular formula is C8H3Cl5O3. The number of benzene rings is 1. The Bertz CT molecular complexity index is 417. The van der Waals surface area contributed by atoms with E-state index in [-0.39, 0.29) is 30.9 Å². The van der Waals surface area contributed by atoms with Crippen molar-refractivity contribution in [2.24, 2.45) is 0 Å². The van der Waals surface area contributed by atoms with Gasteiger partial charge >= 0.3 is 6.16 Å². The predicted molar refractivity (Wildman–Crippen MR) is 64.5 cm³/mol. The topological polar surface area (TPSA) is 35.5 Å². The van der Waals surface area contributed by atoms with E-state index in [1.54, 1.807) is 0 Å². The minimum atomic E-state index is -1.00. The summed E-state index contributed by atoms with van der Waals surface area (Å²) < 4.78 is 8.97. The summed E-state index contributed by atoms with van der Waals surface area (Å²) in [7, 11) is 1.13. The van der Waals surface area contributed by atoms with Gasteiger partial charge in [0.05, 0.1) is 22.2 Å². The quantitative estimate of drug-likeness (QED) is 0.312. The maximum atomic E-state index is 10.9. The minimum absolute atomic E-state index is 0.0180. The number of halogens is 5. The lowest BCUT2D eigenvalue weighted by Crippen LogP contribution is -2.08. The molecule has 0 radical (unpaired) electrons. The molecule has 0 aromatic heterocycles. The van der Waals surface area contributed by atoms with Crippen LogP contribution >= 0.6 is 58.0 Å².